The molecule has 0 amide bonds. The van der Waals surface area contributed by atoms with Gasteiger partial charge < -0.3 is 18.8 Å². The Labute approximate surface area is 176 Å². The highest BCUT2D eigenvalue weighted by Gasteiger charge is 2.18. The fraction of sp³-hybridized carbons (Fsp3) is 0.240. The Morgan fingerprint density at radius 1 is 0.933 bits per heavy atom. The molecule has 5 heteroatoms. The van der Waals surface area contributed by atoms with E-state index < -0.39 is 0 Å². The van der Waals surface area contributed by atoms with Crippen molar-refractivity contribution in [3.63, 3.8) is 0 Å². The quantitative estimate of drug-likeness (QED) is 0.386. The average Bonchev–Trinajstić information content (AvgIpc) is 3.13. The summed E-state index contributed by atoms with van der Waals surface area (Å²) in [4.78, 5) is 4.85. The molecule has 5 nitrogen and oxygen atoms in total. The molecular weight excluding hydrogens is 376 g/mol. The zero-order chi connectivity index (χ0) is 20.9. The highest BCUT2D eigenvalue weighted by Crippen LogP contribution is 2.28. The van der Waals surface area contributed by atoms with Crippen LogP contribution in [0.2, 0.25) is 0 Å². The maximum atomic E-state index is 6.21. The van der Waals surface area contributed by atoms with Crippen molar-refractivity contribution >= 4 is 11.0 Å². The lowest BCUT2D eigenvalue weighted by Gasteiger charge is -2.17. The third kappa shape index (κ3) is 4.25. The number of nitrogens with zero attached hydrogens (tertiary/aromatic N) is 2. The van der Waals surface area contributed by atoms with Crippen molar-refractivity contribution in [1.29, 1.82) is 0 Å². The van der Waals surface area contributed by atoms with Gasteiger partial charge in [-0.2, -0.15) is 0 Å². The van der Waals surface area contributed by atoms with E-state index in [-0.39, 0.29) is 6.10 Å². The summed E-state index contributed by atoms with van der Waals surface area (Å²) < 4.78 is 19.8. The van der Waals surface area contributed by atoms with Gasteiger partial charge in [0.1, 0.15) is 12.4 Å². The number of para-hydroxylation sites is 4. The van der Waals surface area contributed by atoms with Crippen LogP contribution in [0.5, 0.6) is 17.2 Å². The maximum Gasteiger partial charge on any atom is 0.161 e. The molecule has 0 N–H and O–H groups in total. The number of benzene rings is 3. The molecule has 4 rings (SSSR count). The second-order valence-corrected chi connectivity index (χ2v) is 7.19. The first-order valence-corrected chi connectivity index (χ1v) is 10.1. The molecule has 0 radical (unpaired) electrons. The van der Waals surface area contributed by atoms with E-state index in [4.69, 9.17) is 19.2 Å². The minimum absolute atomic E-state index is 0.203. The lowest BCUT2D eigenvalue weighted by Crippen LogP contribution is -2.16. The summed E-state index contributed by atoms with van der Waals surface area (Å²) in [7, 11) is 1.65. The fourth-order valence-corrected chi connectivity index (χ4v) is 3.57. The van der Waals surface area contributed by atoms with E-state index in [1.54, 1.807) is 7.11 Å². The van der Waals surface area contributed by atoms with Crippen molar-refractivity contribution in [3.05, 3.63) is 84.2 Å². The smallest absolute Gasteiger partial charge is 0.161 e. The molecule has 0 aliphatic heterocycles. The third-order valence-electron chi connectivity index (χ3n) is 4.99. The number of aromatic nitrogens is 2. The van der Waals surface area contributed by atoms with Crippen LogP contribution >= 0.6 is 0 Å². The third-order valence-corrected chi connectivity index (χ3v) is 4.99. The number of hydrogen-bond acceptors (Lipinski definition) is 4. The molecule has 0 spiro atoms. The largest absolute Gasteiger partial charge is 0.493 e. The van der Waals surface area contributed by atoms with E-state index in [0.717, 1.165) is 34.1 Å². The van der Waals surface area contributed by atoms with E-state index in [2.05, 4.69) is 23.6 Å². The Morgan fingerprint density at radius 2 is 1.70 bits per heavy atom. The topological polar surface area (TPSA) is 45.5 Å². The molecule has 3 aromatic carbocycles. The van der Waals surface area contributed by atoms with Crippen LogP contribution in [0.3, 0.4) is 0 Å². The van der Waals surface area contributed by atoms with Crippen molar-refractivity contribution in [2.75, 3.05) is 13.7 Å². The van der Waals surface area contributed by atoms with E-state index in [1.165, 1.54) is 5.56 Å². The highest BCUT2D eigenvalue weighted by molar-refractivity contribution is 5.76. The summed E-state index contributed by atoms with van der Waals surface area (Å²) in [5.41, 5.74) is 3.18. The molecule has 0 saturated heterocycles. The number of methoxy groups -OCH3 is 1. The molecule has 4 aromatic rings. The highest BCUT2D eigenvalue weighted by atomic mass is 16.5. The van der Waals surface area contributed by atoms with Gasteiger partial charge in [0.2, 0.25) is 0 Å². The summed E-state index contributed by atoms with van der Waals surface area (Å²) >= 11 is 0. The standard InChI is InChI=1S/C25H26N2O3/c1-18-9-8-10-20(17-18)30-19(2)25-26-21-11-4-5-12-22(21)27(25)15-16-29-24-14-7-6-13-23(24)28-3/h4-14,17,19H,15-16H2,1-3H3/t19-/m0/s1. The summed E-state index contributed by atoms with van der Waals surface area (Å²) in [6.07, 6.45) is -0.203. The van der Waals surface area contributed by atoms with Crippen LogP contribution in [0.4, 0.5) is 0 Å². The Hall–Kier alpha value is -3.47. The van der Waals surface area contributed by atoms with Crippen molar-refractivity contribution in [1.82, 2.24) is 9.55 Å². The van der Waals surface area contributed by atoms with Crippen molar-refractivity contribution in [3.8, 4) is 17.2 Å². The van der Waals surface area contributed by atoms with Gasteiger partial charge in [-0.3, -0.25) is 0 Å². The minimum Gasteiger partial charge on any atom is -0.493 e. The first kappa shape index (κ1) is 19.8. The summed E-state index contributed by atoms with van der Waals surface area (Å²) in [5.74, 6) is 3.17. The minimum atomic E-state index is -0.203. The molecule has 0 fully saturated rings. The number of imidazole rings is 1. The molecule has 0 bridgehead atoms. The molecule has 0 aliphatic rings. The van der Waals surface area contributed by atoms with Gasteiger partial charge in [0, 0.05) is 0 Å². The molecule has 154 valence electrons. The lowest BCUT2D eigenvalue weighted by atomic mass is 10.2. The second-order valence-electron chi connectivity index (χ2n) is 7.19. The van der Waals surface area contributed by atoms with Crippen molar-refractivity contribution in [2.45, 2.75) is 26.5 Å². The number of hydrogen-bond donors (Lipinski definition) is 0. The maximum absolute atomic E-state index is 6.21. The Morgan fingerprint density at radius 3 is 2.50 bits per heavy atom. The second kappa shape index (κ2) is 8.91. The van der Waals surface area contributed by atoms with Gasteiger partial charge in [0.15, 0.2) is 23.4 Å². The average molecular weight is 402 g/mol. The van der Waals surface area contributed by atoms with Gasteiger partial charge in [-0.25, -0.2) is 4.98 Å². The van der Waals surface area contributed by atoms with Gasteiger partial charge in [-0.1, -0.05) is 36.4 Å². The Kier molecular flexibility index (Phi) is 5.89. The summed E-state index contributed by atoms with van der Waals surface area (Å²) in [6, 6.07) is 23.9. The lowest BCUT2D eigenvalue weighted by molar-refractivity contribution is 0.207. The predicted octanol–water partition coefficient (Wildman–Crippen LogP) is 5.57. The van der Waals surface area contributed by atoms with Crippen LogP contribution in [0.15, 0.2) is 72.8 Å². The Balaban J connectivity index is 1.57. The number of rotatable bonds is 8. The molecule has 1 heterocycles. The van der Waals surface area contributed by atoms with E-state index in [1.807, 2.05) is 67.6 Å². The molecule has 0 saturated carbocycles. The first-order chi connectivity index (χ1) is 14.7. The van der Waals surface area contributed by atoms with Gasteiger partial charge in [-0.15, -0.1) is 0 Å². The van der Waals surface area contributed by atoms with Crippen LogP contribution in [0, 0.1) is 6.92 Å². The zero-order valence-electron chi connectivity index (χ0n) is 17.5. The monoisotopic (exact) mass is 402 g/mol. The number of ether oxygens (including phenoxy) is 3. The SMILES string of the molecule is COc1ccccc1OCCn1c([C@H](C)Oc2cccc(C)c2)nc2ccccc21. The molecule has 30 heavy (non-hydrogen) atoms. The van der Waals surface area contributed by atoms with Crippen LogP contribution in [0.25, 0.3) is 11.0 Å². The zero-order valence-corrected chi connectivity index (χ0v) is 17.5. The van der Waals surface area contributed by atoms with Crippen LogP contribution in [-0.2, 0) is 6.54 Å². The van der Waals surface area contributed by atoms with Crippen LogP contribution < -0.4 is 14.2 Å². The van der Waals surface area contributed by atoms with Gasteiger partial charge in [-0.05, 0) is 55.8 Å². The molecule has 1 atom stereocenters. The van der Waals surface area contributed by atoms with Gasteiger partial charge in [0.05, 0.1) is 24.7 Å². The number of aryl methyl sites for hydroxylation is 1. The van der Waals surface area contributed by atoms with Gasteiger partial charge in [0.25, 0.3) is 0 Å². The van der Waals surface area contributed by atoms with Crippen LogP contribution in [0.1, 0.15) is 24.4 Å². The number of fused-ring (bicyclic) bond motifs is 1. The fourth-order valence-electron chi connectivity index (χ4n) is 3.57. The Bertz CT molecular complexity index is 1140. The first-order valence-electron chi connectivity index (χ1n) is 10.1. The van der Waals surface area contributed by atoms with E-state index in [0.29, 0.717) is 13.2 Å². The molecule has 0 unspecified atom stereocenters. The molecule has 0 aliphatic carbocycles. The normalized spacial score (nSPS) is 12.0. The predicted molar refractivity (Wildman–Crippen MR) is 118 cm³/mol. The van der Waals surface area contributed by atoms with E-state index >= 15 is 0 Å². The molecule has 1 aromatic heterocycles. The summed E-state index contributed by atoms with van der Waals surface area (Å²) in [5, 5.41) is 0. The van der Waals surface area contributed by atoms with E-state index in [9.17, 15) is 0 Å². The van der Waals surface area contributed by atoms with Crippen LogP contribution in [-0.4, -0.2) is 23.3 Å². The molecular formula is C25H26N2O3. The van der Waals surface area contributed by atoms with Gasteiger partial charge >= 0.3 is 0 Å². The van der Waals surface area contributed by atoms with Crippen molar-refractivity contribution in [2.24, 2.45) is 0 Å². The summed E-state index contributed by atoms with van der Waals surface area (Å²) in [6.45, 7) is 5.23. The van der Waals surface area contributed by atoms with Crippen molar-refractivity contribution < 1.29 is 14.2 Å².